The summed E-state index contributed by atoms with van der Waals surface area (Å²) in [4.78, 5) is 3.58. The summed E-state index contributed by atoms with van der Waals surface area (Å²) in [7, 11) is -1.64. The maximum absolute atomic E-state index is 12.5. The molecule has 0 unspecified atom stereocenters. The molecule has 0 aliphatic heterocycles. The molecule has 2 N–H and O–H groups in total. The van der Waals surface area contributed by atoms with Gasteiger partial charge in [0, 0.05) is 0 Å². The third kappa shape index (κ3) is 2.11. The second-order valence-corrected chi connectivity index (χ2v) is 2.90. The van der Waals surface area contributed by atoms with Crippen LogP contribution in [0.1, 0.15) is 0 Å². The lowest BCUT2D eigenvalue weighted by molar-refractivity contribution is 0.424. The van der Waals surface area contributed by atoms with E-state index in [9.17, 15) is 4.39 Å². The molecule has 0 aromatic carbocycles. The predicted molar refractivity (Wildman–Crippen MR) is 46.7 cm³/mol. The zero-order valence-corrected chi connectivity index (χ0v) is 7.49. The quantitative estimate of drug-likeness (QED) is 0.410. The zero-order valence-electron chi connectivity index (χ0n) is 5.33. The molecule has 6 heteroatoms. The van der Waals surface area contributed by atoms with Crippen molar-refractivity contribution in [3.63, 3.8) is 0 Å². The molecule has 11 heavy (non-hydrogen) atoms. The van der Waals surface area contributed by atoms with E-state index in [1.54, 1.807) is 22.6 Å². The smallest absolute Gasteiger partial charge is 0.422 e. The Hall–Kier alpha value is -0.205. The first-order chi connectivity index (χ1) is 5.11. The van der Waals surface area contributed by atoms with Crippen LogP contribution in [-0.2, 0) is 0 Å². The maximum Gasteiger partial charge on any atom is 0.508 e. The lowest BCUT2D eigenvalue weighted by atomic mass is 9.86. The number of halogens is 2. The van der Waals surface area contributed by atoms with Gasteiger partial charge in [-0.25, -0.2) is 9.37 Å². The Morgan fingerprint density at radius 2 is 2.09 bits per heavy atom. The number of aromatic nitrogens is 1. The van der Waals surface area contributed by atoms with Crippen LogP contribution in [0.4, 0.5) is 4.39 Å². The summed E-state index contributed by atoms with van der Waals surface area (Å²) >= 11 is 1.67. The molecule has 0 fully saturated rings. The Bertz CT molecular complexity index is 271. The summed E-state index contributed by atoms with van der Waals surface area (Å²) in [5.41, 5.74) is 0.0517. The average Bonchev–Trinajstić information content (AvgIpc) is 1.94. The van der Waals surface area contributed by atoms with Crippen LogP contribution in [-0.4, -0.2) is 22.2 Å². The molecule has 0 bridgehead atoms. The van der Waals surface area contributed by atoms with Crippen LogP contribution >= 0.6 is 22.6 Å². The second kappa shape index (κ2) is 3.46. The van der Waals surface area contributed by atoms with E-state index in [2.05, 4.69) is 4.98 Å². The van der Waals surface area contributed by atoms with Gasteiger partial charge in [0.05, 0.1) is 5.59 Å². The highest BCUT2D eigenvalue weighted by Crippen LogP contribution is 2.03. The average molecular weight is 267 g/mol. The van der Waals surface area contributed by atoms with Gasteiger partial charge in [0.25, 0.3) is 0 Å². The van der Waals surface area contributed by atoms with Gasteiger partial charge in [-0.15, -0.1) is 0 Å². The first-order valence-corrected chi connectivity index (χ1v) is 3.87. The van der Waals surface area contributed by atoms with Crippen molar-refractivity contribution in [3.05, 3.63) is 21.7 Å². The van der Waals surface area contributed by atoms with Crippen molar-refractivity contribution < 1.29 is 14.4 Å². The molecule has 1 aromatic heterocycles. The fourth-order valence-electron chi connectivity index (χ4n) is 0.575. The van der Waals surface area contributed by atoms with E-state index in [-0.39, 0.29) is 9.29 Å². The van der Waals surface area contributed by atoms with Crippen LogP contribution in [0.15, 0.2) is 12.1 Å². The molecular weight excluding hydrogens is 263 g/mol. The molecule has 1 rings (SSSR count). The van der Waals surface area contributed by atoms with Gasteiger partial charge in [-0.05, 0) is 34.7 Å². The highest BCUT2D eigenvalue weighted by atomic mass is 127. The van der Waals surface area contributed by atoms with Gasteiger partial charge in [0.15, 0.2) is 5.82 Å². The molecule has 0 saturated carbocycles. The van der Waals surface area contributed by atoms with E-state index in [0.29, 0.717) is 0 Å². The molecule has 3 nitrogen and oxygen atoms in total. The van der Waals surface area contributed by atoms with Gasteiger partial charge >= 0.3 is 7.12 Å². The molecule has 0 atom stereocenters. The Morgan fingerprint density at radius 1 is 1.45 bits per heavy atom. The number of nitrogens with zero attached hydrogens (tertiary/aromatic N) is 1. The molecule has 0 spiro atoms. The lowest BCUT2D eigenvalue weighted by Crippen LogP contribution is -2.33. The molecule has 0 saturated heterocycles. The number of pyridine rings is 1. The van der Waals surface area contributed by atoms with Gasteiger partial charge in [-0.3, -0.25) is 0 Å². The molecule has 1 aromatic rings. The van der Waals surface area contributed by atoms with Crippen LogP contribution in [0.5, 0.6) is 0 Å². The van der Waals surface area contributed by atoms with Crippen molar-refractivity contribution in [2.24, 2.45) is 0 Å². The molecule has 1 heterocycles. The Labute approximate surface area is 76.6 Å². The fourth-order valence-corrected chi connectivity index (χ4v) is 1.03. The highest BCUT2D eigenvalue weighted by Gasteiger charge is 2.13. The van der Waals surface area contributed by atoms with E-state index in [4.69, 9.17) is 10.0 Å². The molecule has 0 aliphatic carbocycles. The molecular formula is C5H4BFINO2. The first kappa shape index (κ1) is 8.89. The second-order valence-electron chi connectivity index (χ2n) is 1.88. The maximum atomic E-state index is 12.5. The van der Waals surface area contributed by atoms with Gasteiger partial charge in [-0.2, -0.15) is 0 Å². The summed E-state index contributed by atoms with van der Waals surface area (Å²) in [6, 6.07) is 2.37. The SMILES string of the molecule is OB(O)c1ccc(F)c(I)n1. The Morgan fingerprint density at radius 3 is 2.55 bits per heavy atom. The van der Waals surface area contributed by atoms with E-state index in [0.717, 1.165) is 6.07 Å². The minimum atomic E-state index is -1.64. The standard InChI is InChI=1S/C5H4BFINO2/c7-3-1-2-4(6(10)11)9-5(3)8/h1-2,10-11H. The number of hydrogen-bond donors (Lipinski definition) is 2. The third-order valence-corrected chi connectivity index (χ3v) is 1.85. The largest absolute Gasteiger partial charge is 0.508 e. The first-order valence-electron chi connectivity index (χ1n) is 2.79. The summed E-state index contributed by atoms with van der Waals surface area (Å²) in [5.74, 6) is -0.463. The van der Waals surface area contributed by atoms with Crippen LogP contribution in [0.2, 0.25) is 0 Å². The van der Waals surface area contributed by atoms with Crippen LogP contribution in [0.3, 0.4) is 0 Å². The zero-order chi connectivity index (χ0) is 8.43. The Balaban J connectivity index is 3.05. The van der Waals surface area contributed by atoms with Crippen molar-refractivity contribution in [2.75, 3.05) is 0 Å². The monoisotopic (exact) mass is 267 g/mol. The normalized spacial score (nSPS) is 9.82. The minimum Gasteiger partial charge on any atom is -0.422 e. The van der Waals surface area contributed by atoms with E-state index in [1.165, 1.54) is 6.07 Å². The third-order valence-electron chi connectivity index (χ3n) is 1.09. The van der Waals surface area contributed by atoms with Crippen LogP contribution in [0.25, 0.3) is 0 Å². The van der Waals surface area contributed by atoms with Gasteiger partial charge in [0.2, 0.25) is 0 Å². The molecule has 0 radical (unpaired) electrons. The van der Waals surface area contributed by atoms with Crippen molar-refractivity contribution in [1.29, 1.82) is 0 Å². The minimum absolute atomic E-state index is 0.0517. The van der Waals surface area contributed by atoms with Crippen molar-refractivity contribution in [2.45, 2.75) is 0 Å². The highest BCUT2D eigenvalue weighted by molar-refractivity contribution is 14.1. The van der Waals surface area contributed by atoms with Gasteiger partial charge in [-0.1, -0.05) is 0 Å². The summed E-state index contributed by atoms with van der Waals surface area (Å²) in [6.07, 6.45) is 0. The predicted octanol–water partition coefficient (Wildman–Crippen LogP) is -0.495. The lowest BCUT2D eigenvalue weighted by Gasteiger charge is -1.98. The van der Waals surface area contributed by atoms with E-state index >= 15 is 0 Å². The number of hydrogen-bond acceptors (Lipinski definition) is 3. The summed E-state index contributed by atoms with van der Waals surface area (Å²) in [5, 5.41) is 17.2. The van der Waals surface area contributed by atoms with Crippen molar-refractivity contribution in [3.8, 4) is 0 Å². The topological polar surface area (TPSA) is 53.4 Å². The van der Waals surface area contributed by atoms with Gasteiger partial charge in [0.1, 0.15) is 3.70 Å². The van der Waals surface area contributed by atoms with E-state index in [1.807, 2.05) is 0 Å². The Kier molecular flexibility index (Phi) is 2.80. The van der Waals surface area contributed by atoms with Gasteiger partial charge < -0.3 is 10.0 Å². The van der Waals surface area contributed by atoms with Crippen LogP contribution < -0.4 is 5.59 Å². The summed E-state index contributed by atoms with van der Waals surface area (Å²) < 4.78 is 12.7. The van der Waals surface area contributed by atoms with Crippen molar-refractivity contribution >= 4 is 35.3 Å². The summed E-state index contributed by atoms with van der Waals surface area (Å²) in [6.45, 7) is 0. The van der Waals surface area contributed by atoms with Crippen LogP contribution in [0, 0.1) is 9.52 Å². The van der Waals surface area contributed by atoms with E-state index < -0.39 is 12.9 Å². The fraction of sp³-hybridized carbons (Fsp3) is 0. The van der Waals surface area contributed by atoms with Crippen molar-refractivity contribution in [1.82, 2.24) is 4.98 Å². The number of rotatable bonds is 1. The molecule has 0 amide bonds. The molecule has 0 aliphatic rings. The molecule has 58 valence electrons.